The molecule has 128 valence electrons. The van der Waals surface area contributed by atoms with Crippen LogP contribution >= 0.6 is 0 Å². The lowest BCUT2D eigenvalue weighted by Crippen LogP contribution is -2.33. The third kappa shape index (κ3) is 3.59. The quantitative estimate of drug-likeness (QED) is 0.882. The molecule has 3 rings (SSSR count). The summed E-state index contributed by atoms with van der Waals surface area (Å²) in [5.74, 6) is 2.43. The van der Waals surface area contributed by atoms with Gasteiger partial charge in [0.1, 0.15) is 23.7 Å². The van der Waals surface area contributed by atoms with Gasteiger partial charge in [0.05, 0.1) is 24.3 Å². The molecule has 8 heteroatoms. The second-order valence-electron chi connectivity index (χ2n) is 5.75. The Morgan fingerprint density at radius 1 is 1.29 bits per heavy atom. The van der Waals surface area contributed by atoms with E-state index in [1.54, 1.807) is 13.2 Å². The van der Waals surface area contributed by atoms with Gasteiger partial charge in [0.2, 0.25) is 0 Å². The maximum atomic E-state index is 11.7. The number of sulfone groups is 1. The Morgan fingerprint density at radius 2 is 2.08 bits per heavy atom. The lowest BCUT2D eigenvalue weighted by Gasteiger charge is -2.24. The average molecular weight is 348 g/mol. The summed E-state index contributed by atoms with van der Waals surface area (Å²) in [4.78, 5) is 10.4. The highest BCUT2D eigenvalue weighted by atomic mass is 32.2. The Hall–Kier alpha value is -2.35. The molecule has 0 aliphatic carbocycles. The molecule has 1 unspecified atom stereocenters. The number of para-hydroxylation sites is 2. The minimum Gasteiger partial charge on any atom is -0.495 e. The van der Waals surface area contributed by atoms with Crippen molar-refractivity contribution in [3.63, 3.8) is 0 Å². The second-order valence-corrected chi connectivity index (χ2v) is 7.98. The number of benzene rings is 1. The molecular weight excluding hydrogens is 328 g/mol. The van der Waals surface area contributed by atoms with Crippen LogP contribution in [0.1, 0.15) is 6.42 Å². The Labute approximate surface area is 141 Å². The first kappa shape index (κ1) is 16.5. The molecule has 0 amide bonds. The molecule has 1 N–H and O–H groups in total. The van der Waals surface area contributed by atoms with Crippen molar-refractivity contribution >= 4 is 27.2 Å². The van der Waals surface area contributed by atoms with E-state index in [1.807, 2.05) is 36.2 Å². The Balaban J connectivity index is 1.79. The molecule has 0 bridgehead atoms. The topological polar surface area (TPSA) is 84.4 Å². The highest BCUT2D eigenvalue weighted by molar-refractivity contribution is 7.91. The highest BCUT2D eigenvalue weighted by Gasteiger charge is 2.31. The molecule has 1 aromatic heterocycles. The molecule has 1 fully saturated rings. The molecule has 7 nitrogen and oxygen atoms in total. The van der Waals surface area contributed by atoms with Crippen LogP contribution in [-0.2, 0) is 9.84 Å². The van der Waals surface area contributed by atoms with Crippen molar-refractivity contribution in [1.82, 2.24) is 9.97 Å². The third-order valence-electron chi connectivity index (χ3n) is 4.14. The second kappa shape index (κ2) is 6.64. The first-order chi connectivity index (χ1) is 11.5. The number of nitrogens with one attached hydrogen (secondary N) is 1. The summed E-state index contributed by atoms with van der Waals surface area (Å²) < 4.78 is 28.7. The van der Waals surface area contributed by atoms with E-state index in [9.17, 15) is 8.42 Å². The van der Waals surface area contributed by atoms with E-state index in [0.29, 0.717) is 23.8 Å². The number of nitrogens with zero attached hydrogens (tertiary/aromatic N) is 3. The van der Waals surface area contributed by atoms with Gasteiger partial charge in [0.25, 0.3) is 0 Å². The van der Waals surface area contributed by atoms with E-state index >= 15 is 0 Å². The first-order valence-corrected chi connectivity index (χ1v) is 9.46. The van der Waals surface area contributed by atoms with Gasteiger partial charge in [0.15, 0.2) is 9.84 Å². The van der Waals surface area contributed by atoms with Crippen molar-refractivity contribution in [1.29, 1.82) is 0 Å². The number of hydrogen-bond acceptors (Lipinski definition) is 7. The molecule has 0 spiro atoms. The number of rotatable bonds is 5. The van der Waals surface area contributed by atoms with Crippen LogP contribution in [0.3, 0.4) is 0 Å². The van der Waals surface area contributed by atoms with E-state index in [4.69, 9.17) is 4.74 Å². The van der Waals surface area contributed by atoms with E-state index < -0.39 is 9.84 Å². The van der Waals surface area contributed by atoms with Crippen LogP contribution < -0.4 is 15.0 Å². The zero-order valence-corrected chi connectivity index (χ0v) is 14.5. The van der Waals surface area contributed by atoms with Crippen LogP contribution in [0.15, 0.2) is 36.7 Å². The zero-order chi connectivity index (χ0) is 17.2. The van der Waals surface area contributed by atoms with Crippen molar-refractivity contribution in [2.45, 2.75) is 12.5 Å². The number of aromatic nitrogens is 2. The van der Waals surface area contributed by atoms with E-state index in [2.05, 4.69) is 15.3 Å². The van der Waals surface area contributed by atoms with Gasteiger partial charge in [-0.25, -0.2) is 18.4 Å². The van der Waals surface area contributed by atoms with Gasteiger partial charge in [-0.2, -0.15) is 0 Å². The SMILES string of the molecule is COc1ccccc1Nc1cc(N(C)C2CCS(=O)(=O)C2)ncn1. The Kier molecular flexibility index (Phi) is 4.57. The fourth-order valence-corrected chi connectivity index (χ4v) is 4.54. The fourth-order valence-electron chi connectivity index (χ4n) is 2.76. The summed E-state index contributed by atoms with van der Waals surface area (Å²) in [5.41, 5.74) is 0.802. The van der Waals surface area contributed by atoms with Gasteiger partial charge in [-0.15, -0.1) is 0 Å². The molecule has 2 heterocycles. The standard InChI is InChI=1S/C16H20N4O3S/c1-20(12-7-8-24(21,22)10-12)16-9-15(17-11-18-16)19-13-5-3-4-6-14(13)23-2/h3-6,9,11-12H,7-8,10H2,1-2H3,(H,17,18,19). The largest absolute Gasteiger partial charge is 0.495 e. The molecule has 1 aliphatic heterocycles. The van der Waals surface area contributed by atoms with Crippen LogP contribution in [0.25, 0.3) is 0 Å². The highest BCUT2D eigenvalue weighted by Crippen LogP contribution is 2.28. The summed E-state index contributed by atoms with van der Waals surface area (Å²) in [6, 6.07) is 9.31. The van der Waals surface area contributed by atoms with Gasteiger partial charge < -0.3 is 15.0 Å². The molecule has 0 radical (unpaired) electrons. The van der Waals surface area contributed by atoms with Gasteiger partial charge in [0, 0.05) is 19.2 Å². The fraction of sp³-hybridized carbons (Fsp3) is 0.375. The van der Waals surface area contributed by atoms with Crippen molar-refractivity contribution in [3.05, 3.63) is 36.7 Å². The minimum atomic E-state index is -2.93. The van der Waals surface area contributed by atoms with Crippen molar-refractivity contribution in [3.8, 4) is 5.75 Å². The Morgan fingerprint density at radius 3 is 2.79 bits per heavy atom. The van der Waals surface area contributed by atoms with Crippen LogP contribution in [-0.4, -0.2) is 50.1 Å². The van der Waals surface area contributed by atoms with Gasteiger partial charge in [-0.1, -0.05) is 12.1 Å². The van der Waals surface area contributed by atoms with Crippen molar-refractivity contribution in [2.75, 3.05) is 35.9 Å². The molecule has 1 atom stereocenters. The van der Waals surface area contributed by atoms with E-state index in [0.717, 1.165) is 5.69 Å². The molecule has 1 aromatic carbocycles. The molecule has 1 aliphatic rings. The van der Waals surface area contributed by atoms with E-state index in [-0.39, 0.29) is 17.5 Å². The van der Waals surface area contributed by atoms with Crippen LogP contribution in [0.2, 0.25) is 0 Å². The zero-order valence-electron chi connectivity index (χ0n) is 13.6. The summed E-state index contributed by atoms with van der Waals surface area (Å²) in [5, 5.41) is 3.20. The van der Waals surface area contributed by atoms with Crippen molar-refractivity contribution in [2.24, 2.45) is 0 Å². The third-order valence-corrected chi connectivity index (χ3v) is 5.89. The maximum Gasteiger partial charge on any atom is 0.152 e. The van der Waals surface area contributed by atoms with Crippen LogP contribution in [0.5, 0.6) is 5.75 Å². The number of anilines is 3. The predicted octanol–water partition coefficient (Wildman–Crippen LogP) is 1.85. The minimum absolute atomic E-state index is 0.0518. The predicted molar refractivity (Wildman–Crippen MR) is 93.8 cm³/mol. The summed E-state index contributed by atoms with van der Waals surface area (Å²) in [7, 11) is 0.540. The van der Waals surface area contributed by atoms with Crippen LogP contribution in [0, 0.1) is 0 Å². The first-order valence-electron chi connectivity index (χ1n) is 7.64. The Bertz CT molecular complexity index is 826. The molecular formula is C16H20N4O3S. The van der Waals surface area contributed by atoms with Gasteiger partial charge >= 0.3 is 0 Å². The smallest absolute Gasteiger partial charge is 0.152 e. The molecule has 0 saturated carbocycles. The number of hydrogen-bond donors (Lipinski definition) is 1. The van der Waals surface area contributed by atoms with Gasteiger partial charge in [-0.05, 0) is 18.6 Å². The van der Waals surface area contributed by atoms with Crippen molar-refractivity contribution < 1.29 is 13.2 Å². The number of methoxy groups -OCH3 is 1. The molecule has 24 heavy (non-hydrogen) atoms. The van der Waals surface area contributed by atoms with Gasteiger partial charge in [-0.3, -0.25) is 0 Å². The van der Waals surface area contributed by atoms with E-state index in [1.165, 1.54) is 6.33 Å². The maximum absolute atomic E-state index is 11.7. The molecule has 2 aromatic rings. The summed E-state index contributed by atoms with van der Waals surface area (Å²) in [6.07, 6.45) is 2.09. The summed E-state index contributed by atoms with van der Waals surface area (Å²) >= 11 is 0. The summed E-state index contributed by atoms with van der Waals surface area (Å²) in [6.45, 7) is 0. The lowest BCUT2D eigenvalue weighted by molar-refractivity contribution is 0.417. The normalized spacial score (nSPS) is 19.0. The van der Waals surface area contributed by atoms with Crippen LogP contribution in [0.4, 0.5) is 17.3 Å². The molecule has 1 saturated heterocycles. The lowest BCUT2D eigenvalue weighted by atomic mass is 10.2. The number of ether oxygens (including phenoxy) is 1. The average Bonchev–Trinajstić information content (AvgIpc) is 2.95. The monoisotopic (exact) mass is 348 g/mol.